The Labute approximate surface area is 322 Å². The zero-order chi connectivity index (χ0) is 36.3. The quantitative estimate of drug-likeness (QED) is 0.160. The maximum atomic E-state index is 6.61. The Bertz CT molecular complexity index is 3140. The highest BCUT2D eigenvalue weighted by Crippen LogP contribution is 2.43. The lowest BCUT2D eigenvalue weighted by atomic mass is 9.94. The number of oxazole rings is 1. The number of rotatable bonds is 6. The molecule has 0 unspecified atom stereocenters. The van der Waals surface area contributed by atoms with E-state index in [9.17, 15) is 0 Å². The lowest BCUT2D eigenvalue weighted by Gasteiger charge is -2.26. The summed E-state index contributed by atoms with van der Waals surface area (Å²) in [4.78, 5) is 7.47. The van der Waals surface area contributed by atoms with Crippen molar-refractivity contribution in [3.05, 3.63) is 194 Å². The highest BCUT2D eigenvalue weighted by atomic mass is 32.1. The molecule has 0 saturated carbocycles. The summed E-state index contributed by atoms with van der Waals surface area (Å²) in [7, 11) is 0. The third-order valence-corrected chi connectivity index (χ3v) is 11.8. The summed E-state index contributed by atoms with van der Waals surface area (Å²) in [5, 5.41) is 7.06. The molecule has 0 aliphatic heterocycles. The van der Waals surface area contributed by atoms with Crippen molar-refractivity contribution in [2.24, 2.45) is 0 Å². The van der Waals surface area contributed by atoms with E-state index in [0.717, 1.165) is 50.1 Å². The first kappa shape index (κ1) is 31.5. The molecule has 0 bridgehead atoms. The molecule has 0 spiro atoms. The molecule has 0 fully saturated rings. The molecule has 0 aliphatic rings. The van der Waals surface area contributed by atoms with Gasteiger partial charge in [-0.15, -0.1) is 11.3 Å². The van der Waals surface area contributed by atoms with Crippen molar-refractivity contribution in [1.82, 2.24) is 4.98 Å². The SMILES string of the molecule is c1ccc(-c2ccccc2-c2cccc(N(c3ccc(-c4nc5c6ccccc6c6ccccc6c5o4)cc3)c3ccc4sc5ccccc5c4c3)c2)cc1. The molecule has 0 radical (unpaired) electrons. The average Bonchev–Trinajstić information content (AvgIpc) is 3.88. The van der Waals surface area contributed by atoms with Crippen LogP contribution < -0.4 is 4.90 Å². The van der Waals surface area contributed by atoms with E-state index in [1.807, 2.05) is 11.3 Å². The maximum Gasteiger partial charge on any atom is 0.227 e. The van der Waals surface area contributed by atoms with E-state index in [1.54, 1.807) is 0 Å². The van der Waals surface area contributed by atoms with E-state index in [2.05, 4.69) is 199 Å². The molecule has 9 aromatic carbocycles. The average molecular weight is 721 g/mol. The minimum Gasteiger partial charge on any atom is -0.435 e. The Morgan fingerprint density at radius 1 is 0.382 bits per heavy atom. The Morgan fingerprint density at radius 2 is 0.964 bits per heavy atom. The summed E-state index contributed by atoms with van der Waals surface area (Å²) in [6.45, 7) is 0. The number of thiophene rings is 1. The van der Waals surface area contributed by atoms with Gasteiger partial charge in [-0.3, -0.25) is 0 Å². The van der Waals surface area contributed by atoms with E-state index in [-0.39, 0.29) is 0 Å². The highest BCUT2D eigenvalue weighted by Gasteiger charge is 2.19. The summed E-state index contributed by atoms with van der Waals surface area (Å²) in [5.74, 6) is 0.611. The third kappa shape index (κ3) is 5.30. The Kier molecular flexibility index (Phi) is 7.35. The first-order chi connectivity index (χ1) is 27.3. The Balaban J connectivity index is 1.06. The topological polar surface area (TPSA) is 29.3 Å². The summed E-state index contributed by atoms with van der Waals surface area (Å²) in [6.07, 6.45) is 0. The lowest BCUT2D eigenvalue weighted by Crippen LogP contribution is -2.10. The van der Waals surface area contributed by atoms with Crippen molar-refractivity contribution in [3.8, 4) is 33.7 Å². The fraction of sp³-hybridized carbons (Fsp3) is 0. The minimum atomic E-state index is 0.611. The van der Waals surface area contributed by atoms with Crippen LogP contribution in [0.25, 0.3) is 86.5 Å². The molecule has 2 heterocycles. The molecule has 11 aromatic rings. The molecule has 0 atom stereocenters. The molecule has 0 N–H and O–H groups in total. The van der Waals surface area contributed by atoms with Crippen molar-refractivity contribution >= 4 is 81.2 Å². The molecule has 2 aromatic heterocycles. The number of nitrogens with zero attached hydrogens (tertiary/aromatic N) is 2. The van der Waals surface area contributed by atoms with Gasteiger partial charge >= 0.3 is 0 Å². The van der Waals surface area contributed by atoms with Crippen LogP contribution in [0.5, 0.6) is 0 Å². The molecule has 55 heavy (non-hydrogen) atoms. The van der Waals surface area contributed by atoms with Gasteiger partial charge < -0.3 is 9.32 Å². The van der Waals surface area contributed by atoms with Crippen molar-refractivity contribution < 1.29 is 4.42 Å². The molecule has 258 valence electrons. The molecule has 11 rings (SSSR count). The van der Waals surface area contributed by atoms with Gasteiger partial charge in [-0.25, -0.2) is 4.98 Å². The van der Waals surface area contributed by atoms with Gasteiger partial charge in [0.05, 0.1) is 0 Å². The van der Waals surface area contributed by atoms with E-state index in [4.69, 9.17) is 9.40 Å². The van der Waals surface area contributed by atoms with Gasteiger partial charge in [0.15, 0.2) is 5.58 Å². The minimum absolute atomic E-state index is 0.611. The van der Waals surface area contributed by atoms with Crippen LogP contribution in [0, 0.1) is 0 Å². The van der Waals surface area contributed by atoms with Gasteiger partial charge in [-0.2, -0.15) is 0 Å². The summed E-state index contributed by atoms with van der Waals surface area (Å²) >= 11 is 1.84. The van der Waals surface area contributed by atoms with Gasteiger partial charge in [-0.05, 0) is 93.7 Å². The van der Waals surface area contributed by atoms with Crippen molar-refractivity contribution in [2.75, 3.05) is 4.90 Å². The van der Waals surface area contributed by atoms with Crippen LogP contribution >= 0.6 is 11.3 Å². The second-order valence-electron chi connectivity index (χ2n) is 13.9. The van der Waals surface area contributed by atoms with E-state index < -0.39 is 0 Å². The zero-order valence-electron chi connectivity index (χ0n) is 29.7. The standard InChI is InChI=1S/C51H32N2OS/c1-2-13-33(14-3-1)39-17-4-5-18-40(39)35-15-12-16-37(31-35)53(38-29-30-48-46(32-38)43-21-10-11-24-47(43)55-48)36-27-25-34(26-28-36)51-52-49-44-22-8-6-19-41(44)42-20-7-9-23-45(42)50(49)54-51/h1-32H. The third-order valence-electron chi connectivity index (χ3n) is 10.7. The second-order valence-corrected chi connectivity index (χ2v) is 15.0. The fourth-order valence-electron chi connectivity index (χ4n) is 8.12. The Hall–Kier alpha value is -7.01. The number of aromatic nitrogens is 1. The normalized spacial score (nSPS) is 11.6. The number of anilines is 3. The molecular weight excluding hydrogens is 689 g/mol. The van der Waals surface area contributed by atoms with Crippen LogP contribution in [0.4, 0.5) is 17.1 Å². The van der Waals surface area contributed by atoms with Crippen LogP contribution in [0.2, 0.25) is 0 Å². The maximum absolute atomic E-state index is 6.61. The van der Waals surface area contributed by atoms with Crippen LogP contribution in [-0.4, -0.2) is 4.98 Å². The smallest absolute Gasteiger partial charge is 0.227 e. The van der Waals surface area contributed by atoms with Crippen LogP contribution in [0.3, 0.4) is 0 Å². The molecule has 3 nitrogen and oxygen atoms in total. The zero-order valence-corrected chi connectivity index (χ0v) is 30.5. The number of fused-ring (bicyclic) bond motifs is 9. The molecule has 0 aliphatic carbocycles. The van der Waals surface area contributed by atoms with Gasteiger partial charge in [0, 0.05) is 53.6 Å². The van der Waals surface area contributed by atoms with Crippen LogP contribution in [0.1, 0.15) is 0 Å². The molecule has 4 heteroatoms. The Morgan fingerprint density at radius 3 is 1.76 bits per heavy atom. The number of hydrogen-bond donors (Lipinski definition) is 0. The van der Waals surface area contributed by atoms with Crippen molar-refractivity contribution in [1.29, 1.82) is 0 Å². The van der Waals surface area contributed by atoms with Gasteiger partial charge in [0.2, 0.25) is 5.89 Å². The number of hydrogen-bond acceptors (Lipinski definition) is 4. The van der Waals surface area contributed by atoms with Gasteiger partial charge in [-0.1, -0.05) is 133 Å². The molecular formula is C51H32N2OS. The van der Waals surface area contributed by atoms with Crippen LogP contribution in [0.15, 0.2) is 199 Å². The largest absolute Gasteiger partial charge is 0.435 e. The van der Waals surface area contributed by atoms with Crippen LogP contribution in [-0.2, 0) is 0 Å². The van der Waals surface area contributed by atoms with Gasteiger partial charge in [0.25, 0.3) is 0 Å². The van der Waals surface area contributed by atoms with E-state index in [1.165, 1.54) is 47.6 Å². The van der Waals surface area contributed by atoms with Crippen molar-refractivity contribution in [2.45, 2.75) is 0 Å². The molecule has 0 saturated heterocycles. The monoisotopic (exact) mass is 720 g/mol. The fourth-order valence-corrected chi connectivity index (χ4v) is 9.21. The van der Waals surface area contributed by atoms with E-state index >= 15 is 0 Å². The highest BCUT2D eigenvalue weighted by molar-refractivity contribution is 7.25. The summed E-state index contributed by atoms with van der Waals surface area (Å²) < 4.78 is 9.19. The van der Waals surface area contributed by atoms with Gasteiger partial charge in [0.1, 0.15) is 5.52 Å². The van der Waals surface area contributed by atoms with Crippen molar-refractivity contribution in [3.63, 3.8) is 0 Å². The van der Waals surface area contributed by atoms with E-state index in [0.29, 0.717) is 5.89 Å². The first-order valence-corrected chi connectivity index (χ1v) is 19.4. The summed E-state index contributed by atoms with van der Waals surface area (Å²) in [5.41, 5.74) is 10.6. The second kappa shape index (κ2) is 12.8. The first-order valence-electron chi connectivity index (χ1n) is 18.5. The summed E-state index contributed by atoms with van der Waals surface area (Å²) in [6, 6.07) is 69.2. The predicted octanol–water partition coefficient (Wildman–Crippen LogP) is 15.0. The number of benzene rings is 9. The molecule has 0 amide bonds. The predicted molar refractivity (Wildman–Crippen MR) is 233 cm³/mol. The lowest BCUT2D eigenvalue weighted by molar-refractivity contribution is 0.623.